The molecule has 5 heteroatoms. The van der Waals surface area contributed by atoms with Crippen LogP contribution in [0.5, 0.6) is 0 Å². The summed E-state index contributed by atoms with van der Waals surface area (Å²) in [5.41, 5.74) is 1.96. The van der Waals surface area contributed by atoms with E-state index in [2.05, 4.69) is 12.2 Å². The molecular formula is C18H27NO3S. The lowest BCUT2D eigenvalue weighted by Crippen LogP contribution is -2.46. The van der Waals surface area contributed by atoms with E-state index in [0.29, 0.717) is 5.92 Å². The second-order valence-electron chi connectivity index (χ2n) is 6.81. The van der Waals surface area contributed by atoms with Crippen LogP contribution in [0.3, 0.4) is 0 Å². The summed E-state index contributed by atoms with van der Waals surface area (Å²) in [6, 6.07) is 5.12. The predicted octanol–water partition coefficient (Wildman–Crippen LogP) is 3.16. The van der Waals surface area contributed by atoms with Gasteiger partial charge >= 0.3 is 0 Å². The Balaban J connectivity index is 2.15. The number of hydrogen-bond donors (Lipinski definition) is 1. The zero-order valence-corrected chi connectivity index (χ0v) is 15.2. The quantitative estimate of drug-likeness (QED) is 0.918. The van der Waals surface area contributed by atoms with E-state index < -0.39 is 15.1 Å². The molecule has 0 spiro atoms. The van der Waals surface area contributed by atoms with Gasteiger partial charge in [-0.05, 0) is 62.8 Å². The van der Waals surface area contributed by atoms with Gasteiger partial charge in [0.1, 0.15) is 5.25 Å². The predicted molar refractivity (Wildman–Crippen MR) is 92.1 cm³/mol. The summed E-state index contributed by atoms with van der Waals surface area (Å²) in [4.78, 5) is 12.7. The molecule has 1 fully saturated rings. The standard InChI is InChI=1S/C18H27NO3S/c1-12-9-10-16(11-14(12)3)23(21,22)15(4)18(20)19-17-8-6-5-7-13(17)2/h9-11,13,15,17H,5-8H2,1-4H3,(H,19,20). The second-order valence-corrected chi connectivity index (χ2v) is 9.08. The van der Waals surface area contributed by atoms with E-state index in [4.69, 9.17) is 0 Å². The van der Waals surface area contributed by atoms with Crippen LogP contribution in [-0.4, -0.2) is 25.6 Å². The van der Waals surface area contributed by atoms with Crippen LogP contribution in [0.4, 0.5) is 0 Å². The number of carbonyl (C=O) groups excluding carboxylic acids is 1. The fourth-order valence-electron chi connectivity index (χ4n) is 3.07. The van der Waals surface area contributed by atoms with Gasteiger partial charge in [0.05, 0.1) is 4.90 Å². The number of sulfone groups is 1. The van der Waals surface area contributed by atoms with Crippen molar-refractivity contribution in [2.75, 3.05) is 0 Å². The van der Waals surface area contributed by atoms with E-state index in [1.165, 1.54) is 13.3 Å². The molecule has 1 aromatic rings. The highest BCUT2D eigenvalue weighted by atomic mass is 32.2. The molecule has 1 aromatic carbocycles. The van der Waals surface area contributed by atoms with Crippen LogP contribution >= 0.6 is 0 Å². The summed E-state index contributed by atoms with van der Waals surface area (Å²) in [6.45, 7) is 7.41. The highest BCUT2D eigenvalue weighted by Gasteiger charge is 2.32. The topological polar surface area (TPSA) is 63.2 Å². The van der Waals surface area contributed by atoms with Crippen molar-refractivity contribution < 1.29 is 13.2 Å². The van der Waals surface area contributed by atoms with Crippen LogP contribution in [0.2, 0.25) is 0 Å². The molecule has 0 radical (unpaired) electrons. The number of nitrogens with one attached hydrogen (secondary N) is 1. The molecule has 4 nitrogen and oxygen atoms in total. The van der Waals surface area contributed by atoms with Crippen molar-refractivity contribution in [3.8, 4) is 0 Å². The third-order valence-corrected chi connectivity index (χ3v) is 7.14. The Morgan fingerprint density at radius 3 is 2.43 bits per heavy atom. The Kier molecular flexibility index (Phi) is 5.50. The van der Waals surface area contributed by atoms with Crippen LogP contribution in [0.25, 0.3) is 0 Å². The third kappa shape index (κ3) is 3.94. The first kappa shape index (κ1) is 18.0. The van der Waals surface area contributed by atoms with Gasteiger partial charge < -0.3 is 5.32 Å². The van der Waals surface area contributed by atoms with Gasteiger partial charge in [-0.2, -0.15) is 0 Å². The molecule has 0 saturated heterocycles. The molecule has 1 aliphatic carbocycles. The van der Waals surface area contributed by atoms with Crippen molar-refractivity contribution in [1.82, 2.24) is 5.32 Å². The Morgan fingerprint density at radius 1 is 1.17 bits per heavy atom. The fourth-order valence-corrected chi connectivity index (χ4v) is 4.42. The highest BCUT2D eigenvalue weighted by molar-refractivity contribution is 7.92. The van der Waals surface area contributed by atoms with E-state index in [9.17, 15) is 13.2 Å². The average molecular weight is 337 g/mol. The van der Waals surface area contributed by atoms with Gasteiger partial charge in [-0.1, -0.05) is 25.8 Å². The third-order valence-electron chi connectivity index (χ3n) is 5.08. The van der Waals surface area contributed by atoms with Gasteiger partial charge in [-0.3, -0.25) is 4.79 Å². The van der Waals surface area contributed by atoms with E-state index in [1.807, 2.05) is 13.8 Å². The van der Waals surface area contributed by atoms with E-state index in [0.717, 1.165) is 30.4 Å². The Labute approximate surface area is 139 Å². The Bertz CT molecular complexity index is 682. The largest absolute Gasteiger partial charge is 0.352 e. The number of carbonyl (C=O) groups is 1. The van der Waals surface area contributed by atoms with Gasteiger partial charge in [0.15, 0.2) is 9.84 Å². The molecule has 0 bridgehead atoms. The smallest absolute Gasteiger partial charge is 0.238 e. The van der Waals surface area contributed by atoms with Crippen LogP contribution in [0.1, 0.15) is 50.7 Å². The first-order valence-corrected chi connectivity index (χ1v) is 9.89. The lowest BCUT2D eigenvalue weighted by molar-refractivity contribution is -0.121. The van der Waals surface area contributed by atoms with Crippen molar-refractivity contribution in [2.24, 2.45) is 5.92 Å². The highest BCUT2D eigenvalue weighted by Crippen LogP contribution is 2.25. The Hall–Kier alpha value is -1.36. The lowest BCUT2D eigenvalue weighted by Gasteiger charge is -2.30. The Morgan fingerprint density at radius 2 is 1.83 bits per heavy atom. The van der Waals surface area contributed by atoms with E-state index in [1.54, 1.807) is 18.2 Å². The van der Waals surface area contributed by atoms with Gasteiger partial charge in [0.2, 0.25) is 5.91 Å². The molecule has 128 valence electrons. The fraction of sp³-hybridized carbons (Fsp3) is 0.611. The SMILES string of the molecule is Cc1ccc(S(=O)(=O)C(C)C(=O)NC2CCCCC2C)cc1C. The van der Waals surface area contributed by atoms with Crippen molar-refractivity contribution in [3.05, 3.63) is 29.3 Å². The van der Waals surface area contributed by atoms with Crippen molar-refractivity contribution in [3.63, 3.8) is 0 Å². The van der Waals surface area contributed by atoms with Crippen LogP contribution in [0, 0.1) is 19.8 Å². The first-order chi connectivity index (χ1) is 10.7. The van der Waals surface area contributed by atoms with Gasteiger partial charge in [-0.25, -0.2) is 8.42 Å². The molecular weight excluding hydrogens is 310 g/mol. The summed E-state index contributed by atoms with van der Waals surface area (Å²) in [5.74, 6) is 0.0196. The molecule has 1 aliphatic rings. The zero-order chi connectivity index (χ0) is 17.2. The molecule has 23 heavy (non-hydrogen) atoms. The lowest BCUT2D eigenvalue weighted by atomic mass is 9.86. The average Bonchev–Trinajstić information content (AvgIpc) is 2.51. The van der Waals surface area contributed by atoms with Crippen molar-refractivity contribution in [2.45, 2.75) is 69.6 Å². The zero-order valence-electron chi connectivity index (χ0n) is 14.4. The summed E-state index contributed by atoms with van der Waals surface area (Å²) >= 11 is 0. The number of amides is 1. The van der Waals surface area contributed by atoms with Crippen LogP contribution in [-0.2, 0) is 14.6 Å². The summed E-state index contributed by atoms with van der Waals surface area (Å²) in [5, 5.41) is 1.88. The van der Waals surface area contributed by atoms with Crippen LogP contribution < -0.4 is 5.32 Å². The van der Waals surface area contributed by atoms with E-state index >= 15 is 0 Å². The molecule has 0 aromatic heterocycles. The van der Waals surface area contributed by atoms with Crippen molar-refractivity contribution in [1.29, 1.82) is 0 Å². The number of rotatable bonds is 4. The molecule has 0 heterocycles. The summed E-state index contributed by atoms with van der Waals surface area (Å²) in [6.07, 6.45) is 4.30. The van der Waals surface area contributed by atoms with E-state index in [-0.39, 0.29) is 16.8 Å². The number of benzene rings is 1. The second kappa shape index (κ2) is 7.04. The molecule has 1 saturated carbocycles. The van der Waals surface area contributed by atoms with Gasteiger partial charge in [-0.15, -0.1) is 0 Å². The maximum Gasteiger partial charge on any atom is 0.238 e. The minimum absolute atomic E-state index is 0.0913. The van der Waals surface area contributed by atoms with Gasteiger partial charge in [0, 0.05) is 6.04 Å². The molecule has 2 rings (SSSR count). The maximum absolute atomic E-state index is 12.7. The first-order valence-electron chi connectivity index (χ1n) is 8.35. The monoisotopic (exact) mass is 337 g/mol. The normalized spacial score (nSPS) is 23.3. The minimum atomic E-state index is -3.66. The maximum atomic E-state index is 12.7. The summed E-state index contributed by atoms with van der Waals surface area (Å²) in [7, 11) is -3.66. The van der Waals surface area contributed by atoms with Crippen molar-refractivity contribution >= 4 is 15.7 Å². The summed E-state index contributed by atoms with van der Waals surface area (Å²) < 4.78 is 25.4. The minimum Gasteiger partial charge on any atom is -0.352 e. The van der Waals surface area contributed by atoms with Gasteiger partial charge in [0.25, 0.3) is 0 Å². The van der Waals surface area contributed by atoms with Crippen LogP contribution in [0.15, 0.2) is 23.1 Å². The molecule has 3 unspecified atom stereocenters. The molecule has 0 aliphatic heterocycles. The molecule has 3 atom stereocenters. The molecule has 1 amide bonds. The number of hydrogen-bond acceptors (Lipinski definition) is 3. The number of aryl methyl sites for hydroxylation is 2. The molecule has 1 N–H and O–H groups in total.